The van der Waals surface area contributed by atoms with Gasteiger partial charge in [0.05, 0.1) is 10.7 Å². The van der Waals surface area contributed by atoms with Gasteiger partial charge in [-0.15, -0.1) is 0 Å². The average molecular weight is 451 g/mol. The topological polar surface area (TPSA) is 95.5 Å². The number of hydrogen-bond acceptors (Lipinski definition) is 4. The van der Waals surface area contributed by atoms with E-state index >= 15 is 0 Å². The molecular formula is C20H13ClF2N2O4S. The van der Waals surface area contributed by atoms with Crippen LogP contribution in [-0.2, 0) is 16.6 Å². The molecule has 0 fully saturated rings. The summed E-state index contributed by atoms with van der Waals surface area (Å²) in [7, 11) is -4.62. The Morgan fingerprint density at radius 1 is 1.03 bits per heavy atom. The molecule has 3 aromatic rings. The van der Waals surface area contributed by atoms with Crippen LogP contribution < -0.4 is 10.0 Å². The maximum Gasteiger partial charge on any atom is 0.265 e. The van der Waals surface area contributed by atoms with E-state index < -0.39 is 48.9 Å². The lowest BCUT2D eigenvalue weighted by Gasteiger charge is -2.14. The van der Waals surface area contributed by atoms with Crippen molar-refractivity contribution in [3.8, 4) is 16.9 Å². The molecule has 154 valence electrons. The molecule has 0 aliphatic carbocycles. The molecule has 6 nitrogen and oxygen atoms in total. The zero-order chi connectivity index (χ0) is 21.6. The average Bonchev–Trinajstić information content (AvgIpc) is 2.71. The van der Waals surface area contributed by atoms with Crippen LogP contribution in [0.2, 0.25) is 5.02 Å². The molecular weight excluding hydrogens is 438 g/mol. The summed E-state index contributed by atoms with van der Waals surface area (Å²) < 4.78 is 56.2. The fourth-order valence-corrected chi connectivity index (χ4v) is 4.63. The van der Waals surface area contributed by atoms with Crippen LogP contribution in [0.5, 0.6) is 5.75 Å². The number of carbonyl (C=O) groups is 1. The number of halogens is 3. The summed E-state index contributed by atoms with van der Waals surface area (Å²) in [5.41, 5.74) is 0.483. The Morgan fingerprint density at radius 3 is 2.53 bits per heavy atom. The number of sulfonamides is 1. The van der Waals surface area contributed by atoms with Crippen LogP contribution in [-0.4, -0.2) is 19.4 Å². The number of phenolic OH excluding ortho intramolecular Hbond substituents is 1. The summed E-state index contributed by atoms with van der Waals surface area (Å²) in [5, 5.41) is 12.4. The Morgan fingerprint density at radius 2 is 1.77 bits per heavy atom. The van der Waals surface area contributed by atoms with Gasteiger partial charge in [-0.1, -0.05) is 35.9 Å². The molecule has 4 rings (SSSR count). The van der Waals surface area contributed by atoms with Crippen molar-refractivity contribution < 1.29 is 27.1 Å². The third kappa shape index (κ3) is 3.46. The molecule has 0 radical (unpaired) electrons. The number of fused-ring (bicyclic) bond motifs is 6. The van der Waals surface area contributed by atoms with E-state index in [4.69, 9.17) is 11.6 Å². The summed E-state index contributed by atoms with van der Waals surface area (Å²) in [6.07, 6.45) is 0. The van der Waals surface area contributed by atoms with Crippen molar-refractivity contribution in [2.24, 2.45) is 0 Å². The summed E-state index contributed by atoms with van der Waals surface area (Å²) in [6.45, 7) is 0.0251. The first-order valence-electron chi connectivity index (χ1n) is 8.58. The largest absolute Gasteiger partial charge is 0.505 e. The van der Waals surface area contributed by atoms with Crippen LogP contribution in [0.1, 0.15) is 15.9 Å². The summed E-state index contributed by atoms with van der Waals surface area (Å²) in [6, 6.07) is 10.8. The molecule has 0 unspecified atom stereocenters. The molecule has 1 heterocycles. The molecule has 30 heavy (non-hydrogen) atoms. The van der Waals surface area contributed by atoms with E-state index in [-0.39, 0.29) is 17.7 Å². The van der Waals surface area contributed by atoms with Gasteiger partial charge in [0.25, 0.3) is 15.9 Å². The highest BCUT2D eigenvalue weighted by atomic mass is 35.5. The van der Waals surface area contributed by atoms with Crippen molar-refractivity contribution in [1.29, 1.82) is 0 Å². The molecule has 0 spiro atoms. The third-order valence-corrected chi connectivity index (χ3v) is 6.29. The fraction of sp³-hybridized carbons (Fsp3) is 0.0500. The maximum absolute atomic E-state index is 14.4. The van der Waals surface area contributed by atoms with Crippen LogP contribution >= 0.6 is 11.6 Å². The monoisotopic (exact) mass is 450 g/mol. The van der Waals surface area contributed by atoms with Gasteiger partial charge in [0.15, 0.2) is 17.4 Å². The quantitative estimate of drug-likeness (QED) is 0.482. The van der Waals surface area contributed by atoms with Crippen molar-refractivity contribution in [2.45, 2.75) is 11.4 Å². The molecule has 1 amide bonds. The number of hydrogen-bond donors (Lipinski definition) is 3. The predicted octanol–water partition coefficient (Wildman–Crippen LogP) is 4.04. The maximum atomic E-state index is 14.4. The lowest BCUT2D eigenvalue weighted by atomic mass is 9.98. The van der Waals surface area contributed by atoms with Crippen molar-refractivity contribution in [3.63, 3.8) is 0 Å². The molecule has 0 saturated heterocycles. The zero-order valence-corrected chi connectivity index (χ0v) is 16.6. The predicted molar refractivity (Wildman–Crippen MR) is 107 cm³/mol. The van der Waals surface area contributed by atoms with Gasteiger partial charge >= 0.3 is 0 Å². The first-order chi connectivity index (χ1) is 14.2. The highest BCUT2D eigenvalue weighted by Gasteiger charge is 2.26. The van der Waals surface area contributed by atoms with Crippen molar-refractivity contribution in [1.82, 2.24) is 5.32 Å². The van der Waals surface area contributed by atoms with Crippen LogP contribution in [0.25, 0.3) is 11.1 Å². The van der Waals surface area contributed by atoms with Gasteiger partial charge in [0.1, 0.15) is 4.90 Å². The zero-order valence-electron chi connectivity index (χ0n) is 15.0. The van der Waals surface area contributed by atoms with E-state index in [1.165, 1.54) is 0 Å². The minimum atomic E-state index is -4.62. The Bertz CT molecular complexity index is 1310. The fourth-order valence-electron chi connectivity index (χ4n) is 3.16. The van der Waals surface area contributed by atoms with Crippen LogP contribution in [0, 0.1) is 11.6 Å². The standard InChI is InChI=1S/C20H13ClF2N2O4S/c21-14-5-12-8-17(19(14)26)30(28,29)25-16-7-11(6-15(22)18(16)23)13-4-2-1-3-10(13)9-24-20(12)27/h1-8,25-26H,9H2,(H,24,27). The van der Waals surface area contributed by atoms with Crippen molar-refractivity contribution in [2.75, 3.05) is 4.72 Å². The Hall–Kier alpha value is -3.17. The molecule has 0 aromatic heterocycles. The van der Waals surface area contributed by atoms with E-state index in [0.717, 1.165) is 24.3 Å². The number of amides is 1. The lowest BCUT2D eigenvalue weighted by Crippen LogP contribution is -2.23. The number of aromatic hydroxyl groups is 1. The number of nitrogens with one attached hydrogen (secondary N) is 2. The van der Waals surface area contributed by atoms with Gasteiger partial charge in [-0.25, -0.2) is 17.2 Å². The molecule has 4 bridgehead atoms. The van der Waals surface area contributed by atoms with Crippen LogP contribution in [0.15, 0.2) is 53.4 Å². The van der Waals surface area contributed by atoms with Crippen LogP contribution in [0.4, 0.5) is 14.5 Å². The molecule has 1 aliphatic rings. The van der Waals surface area contributed by atoms with Gasteiger partial charge in [0, 0.05) is 12.1 Å². The minimum Gasteiger partial charge on any atom is -0.505 e. The molecule has 0 saturated carbocycles. The van der Waals surface area contributed by atoms with Gasteiger partial charge in [-0.3, -0.25) is 9.52 Å². The van der Waals surface area contributed by atoms with Gasteiger partial charge in [-0.05, 0) is 41.0 Å². The Labute approximate surface area is 175 Å². The molecule has 1 aliphatic heterocycles. The van der Waals surface area contributed by atoms with E-state index in [1.54, 1.807) is 24.3 Å². The van der Waals surface area contributed by atoms with Gasteiger partial charge < -0.3 is 10.4 Å². The first-order valence-corrected chi connectivity index (χ1v) is 10.4. The van der Waals surface area contributed by atoms with Crippen molar-refractivity contribution >= 4 is 33.2 Å². The number of rotatable bonds is 0. The molecule has 0 atom stereocenters. The molecule has 10 heteroatoms. The molecule has 3 N–H and O–H groups in total. The highest BCUT2D eigenvalue weighted by molar-refractivity contribution is 7.92. The van der Waals surface area contributed by atoms with Gasteiger partial charge in [0.2, 0.25) is 0 Å². The number of anilines is 1. The summed E-state index contributed by atoms with van der Waals surface area (Å²) in [4.78, 5) is 11.8. The number of phenols is 1. The van der Waals surface area contributed by atoms with E-state index in [2.05, 4.69) is 5.32 Å². The second-order valence-corrected chi connectivity index (χ2v) is 8.63. The van der Waals surface area contributed by atoms with E-state index in [0.29, 0.717) is 11.1 Å². The normalized spacial score (nSPS) is 15.0. The Balaban J connectivity index is 2.02. The second kappa shape index (κ2) is 7.26. The number of benzene rings is 3. The summed E-state index contributed by atoms with van der Waals surface area (Å²) >= 11 is 5.90. The van der Waals surface area contributed by atoms with E-state index in [9.17, 15) is 27.1 Å². The van der Waals surface area contributed by atoms with Crippen LogP contribution in [0.3, 0.4) is 0 Å². The first kappa shape index (κ1) is 20.1. The third-order valence-electron chi connectivity index (χ3n) is 4.62. The van der Waals surface area contributed by atoms with E-state index in [1.807, 2.05) is 4.72 Å². The SMILES string of the molecule is O=C1NCc2ccccc2-c2cc(F)c(F)c(c2)NS(=O)(=O)c2cc1cc(Cl)c2O. The smallest absolute Gasteiger partial charge is 0.265 e. The summed E-state index contributed by atoms with van der Waals surface area (Å²) in [5.74, 6) is -4.15. The highest BCUT2D eigenvalue weighted by Crippen LogP contribution is 2.36. The lowest BCUT2D eigenvalue weighted by molar-refractivity contribution is 0.0950. The Kier molecular flexibility index (Phi) is 4.87. The molecule has 3 aromatic carbocycles. The second-order valence-electron chi connectivity index (χ2n) is 6.57. The minimum absolute atomic E-state index is 0.0251. The van der Waals surface area contributed by atoms with Crippen molar-refractivity contribution in [3.05, 3.63) is 76.3 Å². The number of carbonyl (C=O) groups excluding carboxylic acids is 1. The van der Waals surface area contributed by atoms with Gasteiger partial charge in [-0.2, -0.15) is 0 Å².